The number of aliphatic hydroxyl groups is 1. The van der Waals surface area contributed by atoms with E-state index in [9.17, 15) is 14.7 Å². The van der Waals surface area contributed by atoms with Crippen molar-refractivity contribution < 1.29 is 14.7 Å². The van der Waals surface area contributed by atoms with Gasteiger partial charge in [-0.25, -0.2) is 0 Å². The predicted molar refractivity (Wildman–Crippen MR) is 123 cm³/mol. The van der Waals surface area contributed by atoms with Gasteiger partial charge in [0.25, 0.3) is 0 Å². The van der Waals surface area contributed by atoms with Crippen LogP contribution in [-0.4, -0.2) is 47.5 Å². The van der Waals surface area contributed by atoms with Crippen LogP contribution in [0.15, 0.2) is 35.6 Å². The summed E-state index contributed by atoms with van der Waals surface area (Å²) >= 11 is 0. The summed E-state index contributed by atoms with van der Waals surface area (Å²) in [5, 5.41) is 12.6. The van der Waals surface area contributed by atoms with Crippen molar-refractivity contribution in [2.75, 3.05) is 13.6 Å². The minimum atomic E-state index is -0.402. The standard InChI is InChI=1S/C25H39N3O3/c1-16-7-8-19(13-17(2)29)14-22(16)24(30)27-15-18-9-11-20(12-10-18)23(26)25(31)28(3)21-5-4-6-21/h8,14,16,18,20-21,23,29H,2,4-7,9-13,15,26H2,1,3H3,(H,27,30)/t16?,18?,20?,23-/m0/s1. The van der Waals surface area contributed by atoms with Gasteiger partial charge in [-0.05, 0) is 80.8 Å². The zero-order valence-electron chi connectivity index (χ0n) is 19.1. The quantitative estimate of drug-likeness (QED) is 0.514. The molecule has 4 N–H and O–H groups in total. The van der Waals surface area contributed by atoms with Crippen LogP contribution >= 0.6 is 0 Å². The second-order valence-corrected chi connectivity index (χ2v) is 9.81. The SMILES string of the molecule is C=C(O)CC1=CCC(C)C(C(=O)NCC2CCC([C@H](N)C(=O)N(C)C3CCC3)CC2)=C1. The third-order valence-electron chi connectivity index (χ3n) is 7.48. The zero-order chi connectivity index (χ0) is 22.5. The lowest BCUT2D eigenvalue weighted by Gasteiger charge is -2.38. The summed E-state index contributed by atoms with van der Waals surface area (Å²) in [6, 6.07) is -0.0201. The number of allylic oxidation sites excluding steroid dienone is 3. The van der Waals surface area contributed by atoms with E-state index in [1.807, 2.05) is 18.0 Å². The molecular weight excluding hydrogens is 390 g/mol. The van der Waals surface area contributed by atoms with Crippen molar-refractivity contribution in [2.45, 2.75) is 76.8 Å². The lowest BCUT2D eigenvalue weighted by atomic mass is 9.78. The molecule has 3 rings (SSSR count). The van der Waals surface area contributed by atoms with Gasteiger partial charge in [0.2, 0.25) is 11.8 Å². The minimum Gasteiger partial charge on any atom is -0.513 e. The number of carbonyl (C=O) groups excluding carboxylic acids is 2. The third-order valence-corrected chi connectivity index (χ3v) is 7.48. The molecule has 2 saturated carbocycles. The largest absolute Gasteiger partial charge is 0.513 e. The molecule has 2 fully saturated rings. The number of likely N-dealkylation sites (N-methyl/N-ethyl adjacent to an activating group) is 1. The summed E-state index contributed by atoms with van der Waals surface area (Å²) in [7, 11) is 1.89. The molecule has 0 radical (unpaired) electrons. The molecule has 0 aromatic rings. The number of hydrogen-bond donors (Lipinski definition) is 3. The molecule has 2 atom stereocenters. The van der Waals surface area contributed by atoms with E-state index in [4.69, 9.17) is 5.73 Å². The van der Waals surface area contributed by atoms with Crippen LogP contribution in [0.3, 0.4) is 0 Å². The van der Waals surface area contributed by atoms with Crippen LogP contribution in [0, 0.1) is 17.8 Å². The molecule has 2 amide bonds. The molecular formula is C25H39N3O3. The first kappa shape index (κ1) is 23.6. The van der Waals surface area contributed by atoms with Gasteiger partial charge < -0.3 is 21.1 Å². The first-order valence-corrected chi connectivity index (χ1v) is 11.8. The van der Waals surface area contributed by atoms with Crippen molar-refractivity contribution in [1.29, 1.82) is 0 Å². The van der Waals surface area contributed by atoms with Crippen LogP contribution in [0.5, 0.6) is 0 Å². The van der Waals surface area contributed by atoms with E-state index in [0.29, 0.717) is 24.9 Å². The van der Waals surface area contributed by atoms with Crippen LogP contribution < -0.4 is 11.1 Å². The number of nitrogens with zero attached hydrogens (tertiary/aromatic N) is 1. The Morgan fingerprint density at radius 3 is 2.52 bits per heavy atom. The summed E-state index contributed by atoms with van der Waals surface area (Å²) in [4.78, 5) is 27.3. The first-order chi connectivity index (χ1) is 14.8. The highest BCUT2D eigenvalue weighted by atomic mass is 16.3. The van der Waals surface area contributed by atoms with Gasteiger partial charge in [-0.15, -0.1) is 0 Å². The van der Waals surface area contributed by atoms with Crippen LogP contribution in [0.1, 0.15) is 64.7 Å². The number of hydrogen-bond acceptors (Lipinski definition) is 4. The molecule has 0 bridgehead atoms. The van der Waals surface area contributed by atoms with E-state index in [-0.39, 0.29) is 29.4 Å². The monoisotopic (exact) mass is 429 g/mol. The smallest absolute Gasteiger partial charge is 0.247 e. The Kier molecular flexibility index (Phi) is 7.98. The molecule has 0 spiro atoms. The maximum atomic E-state index is 12.8. The van der Waals surface area contributed by atoms with E-state index < -0.39 is 6.04 Å². The van der Waals surface area contributed by atoms with Gasteiger partial charge in [-0.1, -0.05) is 19.6 Å². The number of aliphatic hydroxyl groups excluding tert-OH is 1. The van der Waals surface area contributed by atoms with Gasteiger partial charge in [0.1, 0.15) is 0 Å². The molecule has 6 nitrogen and oxygen atoms in total. The molecule has 3 aliphatic rings. The molecule has 172 valence electrons. The van der Waals surface area contributed by atoms with Crippen molar-refractivity contribution in [3.8, 4) is 0 Å². The minimum absolute atomic E-state index is 0.0159. The molecule has 1 unspecified atom stereocenters. The third kappa shape index (κ3) is 6.00. The van der Waals surface area contributed by atoms with Gasteiger partial charge in [0, 0.05) is 31.6 Å². The molecule has 31 heavy (non-hydrogen) atoms. The van der Waals surface area contributed by atoms with Crippen molar-refractivity contribution in [3.63, 3.8) is 0 Å². The average molecular weight is 430 g/mol. The Hall–Kier alpha value is -2.08. The lowest BCUT2D eigenvalue weighted by molar-refractivity contribution is -0.136. The van der Waals surface area contributed by atoms with Gasteiger partial charge in [0.05, 0.1) is 11.8 Å². The Balaban J connectivity index is 1.44. The fourth-order valence-corrected chi connectivity index (χ4v) is 4.99. The first-order valence-electron chi connectivity index (χ1n) is 11.8. The average Bonchev–Trinajstić information content (AvgIpc) is 2.71. The van der Waals surface area contributed by atoms with Crippen molar-refractivity contribution in [1.82, 2.24) is 10.2 Å². The Morgan fingerprint density at radius 2 is 1.94 bits per heavy atom. The zero-order valence-corrected chi connectivity index (χ0v) is 19.1. The Labute approximate surface area is 186 Å². The second-order valence-electron chi connectivity index (χ2n) is 9.81. The summed E-state index contributed by atoms with van der Waals surface area (Å²) < 4.78 is 0. The highest BCUT2D eigenvalue weighted by Gasteiger charge is 2.34. The number of rotatable bonds is 8. The fourth-order valence-electron chi connectivity index (χ4n) is 4.99. The summed E-state index contributed by atoms with van der Waals surface area (Å²) in [5.74, 6) is 1.03. The van der Waals surface area contributed by atoms with Crippen LogP contribution in [-0.2, 0) is 9.59 Å². The maximum absolute atomic E-state index is 12.8. The summed E-state index contributed by atoms with van der Waals surface area (Å²) in [5.41, 5.74) is 8.06. The number of nitrogens with two attached hydrogens (primary N) is 1. The normalized spacial score (nSPS) is 27.4. The number of nitrogens with one attached hydrogen (secondary N) is 1. The van der Waals surface area contributed by atoms with Gasteiger partial charge in [0.15, 0.2) is 0 Å². The van der Waals surface area contributed by atoms with Crippen LogP contribution in [0.2, 0.25) is 0 Å². The summed E-state index contributed by atoms with van der Waals surface area (Å²) in [6.07, 6.45) is 12.4. The molecule has 0 heterocycles. The Morgan fingerprint density at radius 1 is 1.26 bits per heavy atom. The van der Waals surface area contributed by atoms with Gasteiger partial charge in [-0.3, -0.25) is 9.59 Å². The van der Waals surface area contributed by atoms with E-state index in [2.05, 4.69) is 24.9 Å². The topological polar surface area (TPSA) is 95.7 Å². The van der Waals surface area contributed by atoms with E-state index in [0.717, 1.165) is 56.1 Å². The van der Waals surface area contributed by atoms with E-state index >= 15 is 0 Å². The molecule has 0 saturated heterocycles. The molecule has 6 heteroatoms. The number of amides is 2. The molecule has 0 aromatic carbocycles. The molecule has 3 aliphatic carbocycles. The highest BCUT2D eigenvalue weighted by Crippen LogP contribution is 2.32. The number of carbonyl (C=O) groups is 2. The fraction of sp³-hybridized carbons (Fsp3) is 0.680. The predicted octanol–water partition coefficient (Wildman–Crippen LogP) is 3.60. The molecule has 0 aliphatic heterocycles. The van der Waals surface area contributed by atoms with Crippen molar-refractivity contribution in [2.24, 2.45) is 23.5 Å². The van der Waals surface area contributed by atoms with Gasteiger partial charge >= 0.3 is 0 Å². The van der Waals surface area contributed by atoms with Crippen molar-refractivity contribution >= 4 is 11.8 Å². The Bertz CT molecular complexity index is 745. The molecule has 0 aromatic heterocycles. The van der Waals surface area contributed by atoms with E-state index in [1.54, 1.807) is 0 Å². The van der Waals surface area contributed by atoms with Crippen LogP contribution in [0.4, 0.5) is 0 Å². The second kappa shape index (κ2) is 10.5. The maximum Gasteiger partial charge on any atom is 0.247 e. The van der Waals surface area contributed by atoms with E-state index in [1.165, 1.54) is 6.42 Å². The van der Waals surface area contributed by atoms with Gasteiger partial charge in [-0.2, -0.15) is 0 Å². The van der Waals surface area contributed by atoms with Crippen LogP contribution in [0.25, 0.3) is 0 Å². The van der Waals surface area contributed by atoms with Crippen molar-refractivity contribution in [3.05, 3.63) is 35.6 Å². The summed E-state index contributed by atoms with van der Waals surface area (Å²) in [6.45, 7) is 6.25. The lowest BCUT2D eigenvalue weighted by Crippen LogP contribution is -2.52. The highest BCUT2D eigenvalue weighted by molar-refractivity contribution is 5.94.